The Balaban J connectivity index is 1.22. The summed E-state index contributed by atoms with van der Waals surface area (Å²) in [5.41, 5.74) is 3.13. The number of aromatic hydroxyl groups is 1. The third-order valence-corrected chi connectivity index (χ3v) is 11.9. The second-order valence-corrected chi connectivity index (χ2v) is 14.0. The number of allylic oxidation sites excluding steroid dienone is 2. The number of anilines is 3. The van der Waals surface area contributed by atoms with Gasteiger partial charge in [-0.1, -0.05) is 60.2 Å². The molecule has 0 aromatic heterocycles. The van der Waals surface area contributed by atoms with Gasteiger partial charge in [0.15, 0.2) is 9.75 Å². The van der Waals surface area contributed by atoms with Crippen LogP contribution in [-0.2, 0) is 19.2 Å². The predicted octanol–water partition coefficient (Wildman–Crippen LogP) is 6.48. The lowest BCUT2D eigenvalue weighted by atomic mass is 9.56. The molecule has 47 heavy (non-hydrogen) atoms. The predicted molar refractivity (Wildman–Crippen MR) is 180 cm³/mol. The van der Waals surface area contributed by atoms with Crippen LogP contribution in [0.25, 0.3) is 10.8 Å². The number of nitrogens with one attached hydrogen (secondary N) is 1. The summed E-state index contributed by atoms with van der Waals surface area (Å²) in [6, 6.07) is 27.4. The summed E-state index contributed by atoms with van der Waals surface area (Å²) >= 11 is 14.7. The van der Waals surface area contributed by atoms with Crippen LogP contribution in [0.4, 0.5) is 17.1 Å². The second-order valence-electron chi connectivity index (χ2n) is 12.8. The molecule has 8 rings (SSSR count). The zero-order valence-corrected chi connectivity index (χ0v) is 26.7. The van der Waals surface area contributed by atoms with E-state index in [2.05, 4.69) is 5.32 Å². The first-order chi connectivity index (χ1) is 22.6. The van der Waals surface area contributed by atoms with Gasteiger partial charge in [0.05, 0.1) is 17.5 Å². The maximum atomic E-state index is 14.4. The van der Waals surface area contributed by atoms with Crippen LogP contribution in [0, 0.1) is 17.8 Å². The molecule has 4 amide bonds. The number of alkyl halides is 2. The van der Waals surface area contributed by atoms with E-state index in [9.17, 15) is 24.3 Å². The Morgan fingerprint density at radius 1 is 0.787 bits per heavy atom. The number of phenols is 1. The molecule has 10 heteroatoms. The lowest BCUT2D eigenvalue weighted by molar-refractivity contribution is -0.138. The van der Waals surface area contributed by atoms with Crippen LogP contribution in [0.15, 0.2) is 103 Å². The van der Waals surface area contributed by atoms with Gasteiger partial charge in [0, 0.05) is 29.9 Å². The van der Waals surface area contributed by atoms with E-state index in [1.165, 1.54) is 18.0 Å². The van der Waals surface area contributed by atoms with E-state index in [1.54, 1.807) is 18.2 Å². The van der Waals surface area contributed by atoms with E-state index in [4.69, 9.17) is 23.2 Å². The molecule has 8 nitrogen and oxygen atoms in total. The number of para-hydroxylation sites is 1. The van der Waals surface area contributed by atoms with Gasteiger partial charge in [-0.2, -0.15) is 0 Å². The third kappa shape index (κ3) is 4.01. The van der Waals surface area contributed by atoms with Crippen molar-refractivity contribution in [1.29, 1.82) is 0 Å². The number of hydrogen-bond acceptors (Lipinski definition) is 6. The molecule has 6 atom stereocenters. The molecule has 4 aromatic rings. The molecular weight excluding hydrogens is 637 g/mol. The van der Waals surface area contributed by atoms with Crippen molar-refractivity contribution in [1.82, 2.24) is 4.90 Å². The Morgan fingerprint density at radius 2 is 1.47 bits per heavy atom. The molecule has 0 bridgehead atoms. The Bertz CT molecular complexity index is 2050. The smallest absolute Gasteiger partial charge is 0.253 e. The van der Waals surface area contributed by atoms with E-state index >= 15 is 0 Å². The number of hydrogen-bond donors (Lipinski definition) is 2. The highest BCUT2D eigenvalue weighted by Gasteiger charge is 2.76. The summed E-state index contributed by atoms with van der Waals surface area (Å²) in [7, 11) is 1.35. The number of imide groups is 2. The van der Waals surface area contributed by atoms with Crippen molar-refractivity contribution in [3.63, 3.8) is 0 Å². The highest BCUT2D eigenvalue weighted by Crippen LogP contribution is 2.66. The molecule has 0 spiro atoms. The molecule has 3 fully saturated rings. The van der Waals surface area contributed by atoms with Gasteiger partial charge in [0.2, 0.25) is 11.8 Å². The number of rotatable bonds is 4. The van der Waals surface area contributed by atoms with Crippen molar-refractivity contribution in [3.8, 4) is 5.75 Å². The first kappa shape index (κ1) is 29.7. The Hall–Kier alpha value is -4.66. The first-order valence-electron chi connectivity index (χ1n) is 15.5. The minimum Gasteiger partial charge on any atom is -0.508 e. The van der Waals surface area contributed by atoms with Gasteiger partial charge >= 0.3 is 0 Å². The highest BCUT2D eigenvalue weighted by atomic mass is 35.5. The van der Waals surface area contributed by atoms with Crippen LogP contribution < -0.4 is 10.2 Å². The van der Waals surface area contributed by atoms with Gasteiger partial charge < -0.3 is 10.4 Å². The summed E-state index contributed by atoms with van der Waals surface area (Å²) in [6.07, 6.45) is 1.98. The molecule has 2 heterocycles. The lowest BCUT2D eigenvalue weighted by Gasteiger charge is -2.51. The van der Waals surface area contributed by atoms with Crippen LogP contribution in [0.5, 0.6) is 5.75 Å². The van der Waals surface area contributed by atoms with Crippen molar-refractivity contribution in [2.45, 2.75) is 28.5 Å². The van der Waals surface area contributed by atoms with Gasteiger partial charge in [-0.3, -0.25) is 29.0 Å². The van der Waals surface area contributed by atoms with Crippen molar-refractivity contribution < 1.29 is 24.3 Å². The fraction of sp³-hybridized carbons (Fsp3) is 0.243. The number of benzene rings is 4. The quantitative estimate of drug-likeness (QED) is 0.147. The van der Waals surface area contributed by atoms with E-state index < -0.39 is 51.1 Å². The molecule has 2 aliphatic heterocycles. The Kier molecular flexibility index (Phi) is 6.59. The summed E-state index contributed by atoms with van der Waals surface area (Å²) in [5, 5.41) is 16.1. The molecule has 4 aromatic carbocycles. The van der Waals surface area contributed by atoms with Crippen LogP contribution in [0.1, 0.15) is 24.3 Å². The highest BCUT2D eigenvalue weighted by molar-refractivity contribution is 6.53. The van der Waals surface area contributed by atoms with Crippen molar-refractivity contribution in [3.05, 3.63) is 108 Å². The van der Waals surface area contributed by atoms with Gasteiger partial charge in [-0.25, -0.2) is 0 Å². The molecule has 2 saturated heterocycles. The van der Waals surface area contributed by atoms with Crippen LogP contribution in [0.3, 0.4) is 0 Å². The zero-order valence-electron chi connectivity index (χ0n) is 25.2. The molecule has 6 unspecified atom stereocenters. The molecular formula is C37H29Cl2N3O5. The Labute approximate surface area is 280 Å². The van der Waals surface area contributed by atoms with E-state index in [0.29, 0.717) is 22.2 Å². The number of likely N-dealkylation sites (tertiary alicyclic amines) is 1. The topological polar surface area (TPSA) is 107 Å². The van der Waals surface area contributed by atoms with Crippen molar-refractivity contribution in [2.75, 3.05) is 17.3 Å². The maximum Gasteiger partial charge on any atom is 0.253 e. The second kappa shape index (κ2) is 10.4. The number of fused-ring (bicyclic) bond motifs is 5. The summed E-state index contributed by atoms with van der Waals surface area (Å²) in [5.74, 6) is -5.43. The number of carbonyl (C=O) groups is 4. The summed E-state index contributed by atoms with van der Waals surface area (Å²) in [4.78, 5) is 54.3. The third-order valence-electron chi connectivity index (χ3n) is 10.4. The van der Waals surface area contributed by atoms with E-state index in [-0.39, 0.29) is 24.5 Å². The van der Waals surface area contributed by atoms with Crippen molar-refractivity contribution in [2.24, 2.45) is 17.8 Å². The summed E-state index contributed by atoms with van der Waals surface area (Å²) in [6.45, 7) is 0. The fourth-order valence-electron chi connectivity index (χ4n) is 8.29. The van der Waals surface area contributed by atoms with E-state index in [0.717, 1.165) is 21.7 Å². The normalized spacial score (nSPS) is 29.9. The monoisotopic (exact) mass is 665 g/mol. The fourth-order valence-corrected chi connectivity index (χ4v) is 9.29. The Morgan fingerprint density at radius 3 is 2.21 bits per heavy atom. The summed E-state index contributed by atoms with van der Waals surface area (Å²) < 4.78 is 0. The average Bonchev–Trinajstić information content (AvgIpc) is 3.41. The van der Waals surface area contributed by atoms with Crippen LogP contribution in [0.2, 0.25) is 0 Å². The minimum absolute atomic E-state index is 0.106. The number of amides is 4. The standard InChI is InChI=1S/C37H29Cl2N3O5/c1-41-34(46)36(38)19-27-25(31(37(36,39)35(41)47)30-24-10-6-5-7-20(24)11-18-28(30)43)16-17-26-29(27)33(45)42(32(26)44)23-14-12-22(13-15-23)40-21-8-3-2-4-9-21/h2-16,18,26-27,29,31,40,43H,17,19H2,1H3. The van der Waals surface area contributed by atoms with Crippen molar-refractivity contribution >= 4 is 74.7 Å². The van der Waals surface area contributed by atoms with Gasteiger partial charge in [0.25, 0.3) is 11.8 Å². The molecule has 1 saturated carbocycles. The molecule has 236 valence electrons. The molecule has 2 aliphatic carbocycles. The molecule has 2 N–H and O–H groups in total. The van der Waals surface area contributed by atoms with Crippen LogP contribution >= 0.6 is 23.2 Å². The molecule has 4 aliphatic rings. The van der Waals surface area contributed by atoms with Gasteiger partial charge in [0.1, 0.15) is 5.75 Å². The van der Waals surface area contributed by atoms with Gasteiger partial charge in [-0.05, 0) is 72.0 Å². The number of phenolic OH excluding ortho intramolecular Hbond substituents is 1. The molecule has 0 radical (unpaired) electrons. The maximum absolute atomic E-state index is 14.4. The number of carbonyl (C=O) groups excluding carboxylic acids is 4. The SMILES string of the molecule is CN1C(=O)C2(Cl)CC3C(=CCC4C(=O)N(c5ccc(Nc6ccccc6)cc5)C(=O)C43)C(c3c(O)ccc4ccccc34)C2(Cl)C1=O. The largest absolute Gasteiger partial charge is 0.508 e. The minimum atomic E-state index is -1.98. The lowest BCUT2D eigenvalue weighted by Crippen LogP contribution is -2.60. The number of halogens is 2. The van der Waals surface area contributed by atoms with E-state index in [1.807, 2.05) is 72.8 Å². The number of nitrogens with zero attached hydrogens (tertiary/aromatic N) is 2. The average molecular weight is 667 g/mol. The van der Waals surface area contributed by atoms with Crippen LogP contribution in [-0.4, -0.2) is 50.4 Å². The first-order valence-corrected chi connectivity index (χ1v) is 16.2. The van der Waals surface area contributed by atoms with Gasteiger partial charge in [-0.15, -0.1) is 23.2 Å². The zero-order chi connectivity index (χ0) is 32.8.